The van der Waals surface area contributed by atoms with Gasteiger partial charge >= 0.3 is 0 Å². The first kappa shape index (κ1) is 17.7. The van der Waals surface area contributed by atoms with Gasteiger partial charge in [0.15, 0.2) is 0 Å². The number of carbonyl (C=O) groups excluding carboxylic acids is 1. The SMILES string of the molecule is Cc1ccc(NC(=O)C2CCCN(c3nnc(-n4cccc4)s3)C2)c(C)c1. The molecular weight excluding hydrogens is 358 g/mol. The molecular formula is C20H23N5OS. The normalized spacial score (nSPS) is 17.1. The summed E-state index contributed by atoms with van der Waals surface area (Å²) in [6, 6.07) is 10.0. The molecule has 140 valence electrons. The van der Waals surface area contributed by atoms with Crippen molar-refractivity contribution in [1.29, 1.82) is 0 Å². The number of hydrogen-bond acceptors (Lipinski definition) is 5. The van der Waals surface area contributed by atoms with Crippen LogP contribution in [0.15, 0.2) is 42.7 Å². The Morgan fingerprint density at radius 3 is 2.74 bits per heavy atom. The van der Waals surface area contributed by atoms with E-state index in [0.29, 0.717) is 6.54 Å². The van der Waals surface area contributed by atoms with Crippen LogP contribution >= 0.6 is 11.3 Å². The van der Waals surface area contributed by atoms with Gasteiger partial charge in [-0.3, -0.25) is 9.36 Å². The molecule has 1 atom stereocenters. The van der Waals surface area contributed by atoms with E-state index < -0.39 is 0 Å². The van der Waals surface area contributed by atoms with Crippen molar-refractivity contribution in [3.8, 4) is 5.13 Å². The molecule has 6 nitrogen and oxygen atoms in total. The molecule has 27 heavy (non-hydrogen) atoms. The summed E-state index contributed by atoms with van der Waals surface area (Å²) in [6.45, 7) is 5.67. The minimum atomic E-state index is -0.0432. The highest BCUT2D eigenvalue weighted by molar-refractivity contribution is 7.17. The van der Waals surface area contributed by atoms with E-state index in [1.165, 1.54) is 5.56 Å². The van der Waals surface area contributed by atoms with Crippen LogP contribution in [0.1, 0.15) is 24.0 Å². The lowest BCUT2D eigenvalue weighted by molar-refractivity contribution is -0.120. The van der Waals surface area contributed by atoms with Gasteiger partial charge in [0.25, 0.3) is 0 Å². The second kappa shape index (κ2) is 7.52. The first-order chi connectivity index (χ1) is 13.1. The average Bonchev–Trinajstić information content (AvgIpc) is 3.35. The Hall–Kier alpha value is -2.67. The number of anilines is 2. The quantitative estimate of drug-likeness (QED) is 0.747. The zero-order chi connectivity index (χ0) is 18.8. The topological polar surface area (TPSA) is 63.1 Å². The first-order valence-corrected chi connectivity index (χ1v) is 10.0. The number of benzene rings is 1. The average molecular weight is 382 g/mol. The van der Waals surface area contributed by atoms with E-state index in [4.69, 9.17) is 0 Å². The molecule has 0 spiro atoms. The van der Waals surface area contributed by atoms with E-state index >= 15 is 0 Å². The Morgan fingerprint density at radius 1 is 1.19 bits per heavy atom. The molecule has 1 aliphatic heterocycles. The number of rotatable bonds is 4. The van der Waals surface area contributed by atoms with Crippen LogP contribution < -0.4 is 10.2 Å². The number of aryl methyl sites for hydroxylation is 2. The molecule has 2 aromatic heterocycles. The van der Waals surface area contributed by atoms with E-state index in [1.54, 1.807) is 11.3 Å². The molecule has 1 fully saturated rings. The van der Waals surface area contributed by atoms with Crippen molar-refractivity contribution in [2.24, 2.45) is 5.92 Å². The molecule has 1 amide bonds. The number of amides is 1. The number of piperidine rings is 1. The third kappa shape index (κ3) is 3.88. The fraction of sp³-hybridized carbons (Fsp3) is 0.350. The van der Waals surface area contributed by atoms with Gasteiger partial charge in [-0.15, -0.1) is 10.2 Å². The van der Waals surface area contributed by atoms with Gasteiger partial charge in [0.05, 0.1) is 5.92 Å². The Kier molecular flexibility index (Phi) is 4.94. The van der Waals surface area contributed by atoms with Crippen LogP contribution in [-0.2, 0) is 4.79 Å². The lowest BCUT2D eigenvalue weighted by atomic mass is 9.97. The van der Waals surface area contributed by atoms with E-state index in [0.717, 1.165) is 40.9 Å². The summed E-state index contributed by atoms with van der Waals surface area (Å²) in [5.41, 5.74) is 3.19. The molecule has 1 saturated heterocycles. The number of nitrogens with one attached hydrogen (secondary N) is 1. The largest absolute Gasteiger partial charge is 0.346 e. The van der Waals surface area contributed by atoms with Gasteiger partial charge in [-0.2, -0.15) is 0 Å². The molecule has 0 aliphatic carbocycles. The minimum absolute atomic E-state index is 0.0432. The van der Waals surface area contributed by atoms with E-state index in [9.17, 15) is 4.79 Å². The summed E-state index contributed by atoms with van der Waals surface area (Å²) in [5, 5.41) is 13.4. The van der Waals surface area contributed by atoms with Crippen LogP contribution in [0.3, 0.4) is 0 Å². The van der Waals surface area contributed by atoms with Crippen molar-refractivity contribution in [3.63, 3.8) is 0 Å². The predicted molar refractivity (Wildman–Crippen MR) is 109 cm³/mol. The molecule has 3 heterocycles. The van der Waals surface area contributed by atoms with Gasteiger partial charge < -0.3 is 10.2 Å². The van der Waals surface area contributed by atoms with Crippen LogP contribution in [0.4, 0.5) is 10.8 Å². The maximum Gasteiger partial charge on any atom is 0.229 e. The molecule has 1 unspecified atom stereocenters. The maximum absolute atomic E-state index is 12.8. The molecule has 3 aromatic rings. The maximum atomic E-state index is 12.8. The summed E-state index contributed by atoms with van der Waals surface area (Å²) in [6.07, 6.45) is 5.79. The van der Waals surface area contributed by atoms with Crippen molar-refractivity contribution >= 4 is 28.1 Å². The zero-order valence-electron chi connectivity index (χ0n) is 15.6. The highest BCUT2D eigenvalue weighted by Gasteiger charge is 2.28. The van der Waals surface area contributed by atoms with Crippen LogP contribution in [0.2, 0.25) is 0 Å². The molecule has 7 heteroatoms. The molecule has 1 aliphatic rings. The lowest BCUT2D eigenvalue weighted by Gasteiger charge is -2.31. The number of nitrogens with zero attached hydrogens (tertiary/aromatic N) is 4. The Labute approximate surface area is 162 Å². The summed E-state index contributed by atoms with van der Waals surface area (Å²) in [5.74, 6) is 0.0418. The van der Waals surface area contributed by atoms with Crippen LogP contribution in [0.25, 0.3) is 5.13 Å². The van der Waals surface area contributed by atoms with Crippen molar-refractivity contribution < 1.29 is 4.79 Å². The highest BCUT2D eigenvalue weighted by atomic mass is 32.1. The minimum Gasteiger partial charge on any atom is -0.346 e. The number of aromatic nitrogens is 3. The molecule has 1 N–H and O–H groups in total. The molecule has 1 aromatic carbocycles. The third-order valence-corrected chi connectivity index (χ3v) is 5.93. The number of carbonyl (C=O) groups is 1. The Balaban J connectivity index is 1.44. The fourth-order valence-corrected chi connectivity index (χ4v) is 4.30. The van der Waals surface area contributed by atoms with Crippen LogP contribution in [0, 0.1) is 19.8 Å². The smallest absolute Gasteiger partial charge is 0.229 e. The van der Waals surface area contributed by atoms with Gasteiger partial charge in [0.1, 0.15) is 0 Å². The van der Waals surface area contributed by atoms with Crippen molar-refractivity contribution in [2.75, 3.05) is 23.3 Å². The second-order valence-corrected chi connectivity index (χ2v) is 7.98. The summed E-state index contributed by atoms with van der Waals surface area (Å²) in [7, 11) is 0. The van der Waals surface area contributed by atoms with Gasteiger partial charge in [-0.1, -0.05) is 29.0 Å². The van der Waals surface area contributed by atoms with Gasteiger partial charge in [0.2, 0.25) is 16.2 Å². The Bertz CT molecular complexity index is 934. The van der Waals surface area contributed by atoms with Gasteiger partial charge in [0, 0.05) is 31.2 Å². The fourth-order valence-electron chi connectivity index (χ4n) is 3.46. The summed E-state index contributed by atoms with van der Waals surface area (Å²) in [4.78, 5) is 15.0. The zero-order valence-corrected chi connectivity index (χ0v) is 16.4. The van der Waals surface area contributed by atoms with Gasteiger partial charge in [-0.05, 0) is 50.5 Å². The second-order valence-electron chi connectivity index (χ2n) is 7.05. The Morgan fingerprint density at radius 2 is 1.96 bits per heavy atom. The molecule has 0 bridgehead atoms. The number of hydrogen-bond donors (Lipinski definition) is 1. The van der Waals surface area contributed by atoms with Crippen molar-refractivity contribution in [2.45, 2.75) is 26.7 Å². The predicted octanol–water partition coefficient (Wildman–Crippen LogP) is 3.80. The van der Waals surface area contributed by atoms with E-state index in [2.05, 4.69) is 33.4 Å². The standard InChI is InChI=1S/C20H23N5OS/c1-14-7-8-17(15(2)12-14)21-18(26)16-6-5-11-25(13-16)20-23-22-19(27-20)24-9-3-4-10-24/h3-4,7-10,12,16H,5-6,11,13H2,1-2H3,(H,21,26). The van der Waals surface area contributed by atoms with E-state index in [1.807, 2.05) is 48.1 Å². The third-order valence-electron chi connectivity index (χ3n) is 4.93. The molecule has 0 radical (unpaired) electrons. The molecule has 0 saturated carbocycles. The van der Waals surface area contributed by atoms with Crippen molar-refractivity contribution in [3.05, 3.63) is 53.9 Å². The first-order valence-electron chi connectivity index (χ1n) is 9.20. The van der Waals surface area contributed by atoms with Gasteiger partial charge in [-0.25, -0.2) is 0 Å². The molecule has 4 rings (SSSR count). The monoisotopic (exact) mass is 381 g/mol. The lowest BCUT2D eigenvalue weighted by Crippen LogP contribution is -2.40. The van der Waals surface area contributed by atoms with Crippen LogP contribution in [-0.4, -0.2) is 33.8 Å². The van der Waals surface area contributed by atoms with Crippen molar-refractivity contribution in [1.82, 2.24) is 14.8 Å². The highest BCUT2D eigenvalue weighted by Crippen LogP contribution is 2.28. The summed E-state index contributed by atoms with van der Waals surface area (Å²) >= 11 is 1.55. The summed E-state index contributed by atoms with van der Waals surface area (Å²) < 4.78 is 1.95. The van der Waals surface area contributed by atoms with E-state index in [-0.39, 0.29) is 11.8 Å². The van der Waals surface area contributed by atoms with Crippen LogP contribution in [0.5, 0.6) is 0 Å².